The van der Waals surface area contributed by atoms with E-state index < -0.39 is 0 Å². The fourth-order valence-electron chi connectivity index (χ4n) is 12.3. The maximum Gasteiger partial charge on any atom is 0.164 e. The predicted octanol–water partition coefficient (Wildman–Crippen LogP) is 39.1. The fraction of sp³-hybridized carbons (Fsp3) is 0.214. The Bertz CT molecular complexity index is 5560. The van der Waals surface area contributed by atoms with Crippen molar-refractivity contribution < 1.29 is 0 Å². The van der Waals surface area contributed by atoms with E-state index >= 15 is 0 Å². The molecule has 3 nitrogen and oxygen atoms in total. The van der Waals surface area contributed by atoms with Crippen molar-refractivity contribution in [3.05, 3.63) is 490 Å². The van der Waals surface area contributed by atoms with Crippen molar-refractivity contribution in [3.63, 3.8) is 0 Å². The minimum Gasteiger partial charge on any atom is -0.208 e. The molecular formula is C131H147N3. The first-order valence-electron chi connectivity index (χ1n) is 47.0. The lowest BCUT2D eigenvalue weighted by molar-refractivity contribution is 0.469. The Balaban J connectivity index is 0.000000209. The number of aryl methyl sites for hydroxylation is 3. The molecule has 0 aliphatic heterocycles. The van der Waals surface area contributed by atoms with Gasteiger partial charge < -0.3 is 0 Å². The molecule has 0 unspecified atom stereocenters. The van der Waals surface area contributed by atoms with Crippen molar-refractivity contribution in [2.75, 3.05) is 0 Å². The van der Waals surface area contributed by atoms with Gasteiger partial charge in [-0.3, -0.25) is 0 Å². The molecule has 3 heteroatoms. The van der Waals surface area contributed by atoms with Crippen LogP contribution in [-0.4, -0.2) is 15.0 Å². The maximum absolute atomic E-state index is 4.68. The Hall–Kier alpha value is -14.0. The third kappa shape index (κ3) is 45.7. The van der Waals surface area contributed by atoms with E-state index in [1.54, 1.807) is 0 Å². The largest absolute Gasteiger partial charge is 0.208 e. The lowest BCUT2D eigenvalue weighted by atomic mass is 9.92. The number of aromatic nitrogens is 3. The standard InChI is InChI=1S/C24H18.C21H15N3.C20H14.C14H10.3C7H8.C6H6.5C5H12/c1-4-10-19(11-5-1)22-16-23(20-12-6-2-7-13-20)18-24(17-22)21-14-8-3-9-15-21;1-4-10-16(11-5-1)19-22-20(17-12-6-2-7-13-17)24-21(23-19)18-14-8-3-9-15-18;1-2-8-15(9-3-1)20-18-12-6-4-10-16(18)14-17-11-5-7-13-19(17)20;1-2-6-12-10-14-8-4-3-7-13(14)9-11(12)5-1;3*1-7-5-3-2-4-6-7;1-2-4-6-5-3-1;5*1-5(2,3)4/h1-18H;1-15H;1-14H;1-10H;3*2-6H,1H3;1-6H;5*1-4H3. The molecule has 19 rings (SSSR count). The molecular weight excluding hydrogens is 1620 g/mol. The molecule has 0 saturated carbocycles. The van der Waals surface area contributed by atoms with Crippen molar-refractivity contribution in [2.45, 2.75) is 159 Å². The van der Waals surface area contributed by atoms with Gasteiger partial charge in [0.05, 0.1) is 0 Å². The highest BCUT2D eigenvalue weighted by molar-refractivity contribution is 6.12. The first kappa shape index (κ1) is 107. The minimum absolute atomic E-state index is 0.500. The summed E-state index contributed by atoms with van der Waals surface area (Å²) in [5, 5.41) is 10.5. The molecule has 0 bridgehead atoms. The van der Waals surface area contributed by atoms with Crippen LogP contribution >= 0.6 is 0 Å². The summed E-state index contributed by atoms with van der Waals surface area (Å²) in [6.45, 7) is 50.0. The van der Waals surface area contributed by atoms with Gasteiger partial charge in [0.15, 0.2) is 17.5 Å². The topological polar surface area (TPSA) is 38.7 Å². The first-order valence-corrected chi connectivity index (χ1v) is 47.0. The Labute approximate surface area is 807 Å². The van der Waals surface area contributed by atoms with E-state index in [-0.39, 0.29) is 0 Å². The van der Waals surface area contributed by atoms with Gasteiger partial charge in [-0.25, -0.2) is 15.0 Å². The number of nitrogens with zero attached hydrogens (tertiary/aromatic N) is 3. The maximum atomic E-state index is 4.68. The van der Waals surface area contributed by atoms with Gasteiger partial charge in [-0.15, -0.1) is 0 Å². The monoisotopic (exact) mass is 1760 g/mol. The molecule has 0 aliphatic carbocycles. The number of fused-ring (bicyclic) bond motifs is 4. The van der Waals surface area contributed by atoms with E-state index in [1.807, 2.05) is 182 Å². The van der Waals surface area contributed by atoms with E-state index in [0.717, 1.165) is 16.7 Å². The highest BCUT2D eigenvalue weighted by Gasteiger charge is 2.14. The zero-order valence-electron chi connectivity index (χ0n) is 84.4. The second kappa shape index (κ2) is 56.0. The van der Waals surface area contributed by atoms with Gasteiger partial charge in [-0.1, -0.05) is 592 Å². The molecule has 19 aromatic rings. The van der Waals surface area contributed by atoms with E-state index in [2.05, 4.69) is 465 Å². The van der Waals surface area contributed by atoms with Gasteiger partial charge in [-0.2, -0.15) is 0 Å². The van der Waals surface area contributed by atoms with E-state index in [4.69, 9.17) is 0 Å². The SMILES string of the molecule is CC(C)(C)C.CC(C)(C)C.CC(C)(C)C.CC(C)(C)C.CC(C)(C)C.Cc1ccccc1.Cc1ccccc1.Cc1ccccc1.c1ccc(-c2c3ccccc3cc3ccccc23)cc1.c1ccc(-c2cc(-c3ccccc3)cc(-c3ccccc3)c2)cc1.c1ccc(-c2nc(-c3ccccc3)nc(-c3ccccc3)n2)cc1.c1ccc2cc3ccccc3cc2c1.c1ccccc1. The summed E-state index contributed by atoms with van der Waals surface area (Å²) in [5.41, 5.74) is 19.5. The van der Waals surface area contributed by atoms with Crippen molar-refractivity contribution in [1.82, 2.24) is 15.0 Å². The van der Waals surface area contributed by atoms with Crippen LogP contribution in [0.4, 0.5) is 0 Å². The lowest BCUT2D eigenvalue weighted by Crippen LogP contribution is -1.99. The van der Waals surface area contributed by atoms with E-state index in [9.17, 15) is 0 Å². The van der Waals surface area contributed by atoms with Crippen molar-refractivity contribution in [1.29, 1.82) is 0 Å². The molecule has 0 fully saturated rings. The zero-order valence-corrected chi connectivity index (χ0v) is 84.4. The number of hydrogen-bond acceptors (Lipinski definition) is 3. The average molecular weight is 1760 g/mol. The third-order valence-corrected chi connectivity index (χ3v) is 17.9. The fourth-order valence-corrected chi connectivity index (χ4v) is 12.3. The average Bonchev–Trinajstić information content (AvgIpc) is 0.760. The Morgan fingerprint density at radius 2 is 0.276 bits per heavy atom. The van der Waals surface area contributed by atoms with E-state index in [0.29, 0.717) is 44.5 Å². The first-order chi connectivity index (χ1) is 63.8. The van der Waals surface area contributed by atoms with Crippen molar-refractivity contribution in [2.24, 2.45) is 27.1 Å². The highest BCUT2D eigenvalue weighted by atomic mass is 15.0. The van der Waals surface area contributed by atoms with Gasteiger partial charge in [0.25, 0.3) is 0 Å². The van der Waals surface area contributed by atoms with Crippen LogP contribution in [0.3, 0.4) is 0 Å². The van der Waals surface area contributed by atoms with Crippen LogP contribution in [0.25, 0.3) is 122 Å². The summed E-state index contributed by atoms with van der Waals surface area (Å²) in [4.78, 5) is 14.0. The Kier molecular flexibility index (Phi) is 44.7. The number of rotatable bonds is 7. The number of benzene rings is 18. The summed E-state index contributed by atoms with van der Waals surface area (Å²) < 4.78 is 0. The van der Waals surface area contributed by atoms with Gasteiger partial charge in [0, 0.05) is 16.7 Å². The molecule has 686 valence electrons. The molecule has 18 aromatic carbocycles. The molecule has 0 saturated heterocycles. The molecule has 0 spiro atoms. The van der Waals surface area contributed by atoms with Crippen LogP contribution in [0, 0.1) is 47.8 Å². The molecule has 1 aromatic heterocycles. The molecule has 0 N–H and O–H groups in total. The number of hydrogen-bond donors (Lipinski definition) is 0. The summed E-state index contributed by atoms with van der Waals surface area (Å²) in [5.74, 6) is 2.05. The highest BCUT2D eigenvalue weighted by Crippen LogP contribution is 2.37. The summed E-state index contributed by atoms with van der Waals surface area (Å²) in [6.07, 6.45) is 0. The summed E-state index contributed by atoms with van der Waals surface area (Å²) in [6, 6.07) is 163. The molecule has 0 atom stereocenters. The van der Waals surface area contributed by atoms with Crippen LogP contribution in [0.2, 0.25) is 0 Å². The second-order valence-corrected chi connectivity index (χ2v) is 41.0. The normalized spacial score (nSPS) is 10.5. The van der Waals surface area contributed by atoms with Crippen LogP contribution in [0.5, 0.6) is 0 Å². The van der Waals surface area contributed by atoms with Crippen LogP contribution in [0.1, 0.15) is 155 Å². The summed E-state index contributed by atoms with van der Waals surface area (Å²) in [7, 11) is 0. The Morgan fingerprint density at radius 3 is 0.463 bits per heavy atom. The van der Waals surface area contributed by atoms with Gasteiger partial charge in [-0.05, 0) is 172 Å². The van der Waals surface area contributed by atoms with Crippen LogP contribution in [0.15, 0.2) is 473 Å². The Morgan fingerprint density at radius 1 is 0.134 bits per heavy atom. The van der Waals surface area contributed by atoms with E-state index in [1.165, 1.54) is 104 Å². The lowest BCUT2D eigenvalue weighted by Gasteiger charge is -2.11. The summed E-state index contributed by atoms with van der Waals surface area (Å²) >= 11 is 0. The predicted molar refractivity (Wildman–Crippen MR) is 593 cm³/mol. The van der Waals surface area contributed by atoms with Gasteiger partial charge >= 0.3 is 0 Å². The van der Waals surface area contributed by atoms with Gasteiger partial charge in [0.2, 0.25) is 0 Å². The molecule has 134 heavy (non-hydrogen) atoms. The minimum atomic E-state index is 0.500. The molecule has 0 radical (unpaired) electrons. The van der Waals surface area contributed by atoms with Crippen LogP contribution < -0.4 is 0 Å². The molecule has 0 aliphatic rings. The van der Waals surface area contributed by atoms with Crippen molar-refractivity contribution in [3.8, 4) is 78.7 Å². The molecule has 0 amide bonds. The van der Waals surface area contributed by atoms with Gasteiger partial charge in [0.1, 0.15) is 0 Å². The third-order valence-electron chi connectivity index (χ3n) is 17.9. The molecule has 1 heterocycles. The zero-order chi connectivity index (χ0) is 97.2. The second-order valence-electron chi connectivity index (χ2n) is 41.0. The quantitative estimate of drug-likeness (QED) is 0.149. The van der Waals surface area contributed by atoms with Crippen molar-refractivity contribution >= 4 is 43.1 Å². The smallest absolute Gasteiger partial charge is 0.164 e. The van der Waals surface area contributed by atoms with Crippen LogP contribution in [-0.2, 0) is 0 Å².